The van der Waals surface area contributed by atoms with Crippen LogP contribution in [-0.4, -0.2) is 36.1 Å². The fourth-order valence-corrected chi connectivity index (χ4v) is 4.23. The Hall–Kier alpha value is -0.0800. The molecule has 0 spiro atoms. The van der Waals surface area contributed by atoms with E-state index in [0.717, 1.165) is 36.5 Å². The van der Waals surface area contributed by atoms with Gasteiger partial charge in [0.2, 0.25) is 0 Å². The Bertz CT molecular complexity index is 247. The molecule has 4 atom stereocenters. The molecule has 18 heavy (non-hydrogen) atoms. The zero-order valence-corrected chi connectivity index (χ0v) is 12.8. The number of hydrogen-bond donors (Lipinski definition) is 1. The highest BCUT2D eigenvalue weighted by atomic mass is 15.2. The molecule has 2 aliphatic rings. The fourth-order valence-electron chi connectivity index (χ4n) is 4.23. The van der Waals surface area contributed by atoms with Crippen LogP contribution in [0.15, 0.2) is 0 Å². The first-order valence-corrected chi connectivity index (χ1v) is 8.14. The monoisotopic (exact) mass is 252 g/mol. The van der Waals surface area contributed by atoms with Gasteiger partial charge in [-0.05, 0) is 51.5 Å². The second kappa shape index (κ2) is 6.38. The maximum absolute atomic E-state index is 3.67. The highest BCUT2D eigenvalue weighted by molar-refractivity contribution is 4.92. The Morgan fingerprint density at radius 2 is 1.83 bits per heavy atom. The Morgan fingerprint density at radius 3 is 2.44 bits per heavy atom. The molecule has 0 aromatic carbocycles. The van der Waals surface area contributed by atoms with Gasteiger partial charge in [-0.2, -0.15) is 0 Å². The highest BCUT2D eigenvalue weighted by Crippen LogP contribution is 2.34. The van der Waals surface area contributed by atoms with Crippen LogP contribution in [0.25, 0.3) is 0 Å². The molecular formula is C16H32N2. The summed E-state index contributed by atoms with van der Waals surface area (Å²) in [5.41, 5.74) is 0. The lowest BCUT2D eigenvalue weighted by Crippen LogP contribution is -2.56. The number of likely N-dealkylation sites (tertiary alicyclic amines) is 1. The lowest BCUT2D eigenvalue weighted by Gasteiger charge is -2.47. The van der Waals surface area contributed by atoms with Gasteiger partial charge in [-0.25, -0.2) is 0 Å². The molecule has 106 valence electrons. The highest BCUT2D eigenvalue weighted by Gasteiger charge is 2.36. The van der Waals surface area contributed by atoms with E-state index in [1.54, 1.807) is 0 Å². The van der Waals surface area contributed by atoms with Crippen LogP contribution < -0.4 is 5.32 Å². The Morgan fingerprint density at radius 1 is 1.17 bits per heavy atom. The Kier molecular flexibility index (Phi) is 5.08. The van der Waals surface area contributed by atoms with Crippen LogP contribution in [0, 0.1) is 11.8 Å². The summed E-state index contributed by atoms with van der Waals surface area (Å²) < 4.78 is 0. The van der Waals surface area contributed by atoms with E-state index >= 15 is 0 Å². The van der Waals surface area contributed by atoms with E-state index in [0.29, 0.717) is 0 Å². The first kappa shape index (κ1) is 14.3. The third-order valence-corrected chi connectivity index (χ3v) is 5.69. The number of nitrogens with zero attached hydrogens (tertiary/aromatic N) is 1. The lowest BCUT2D eigenvalue weighted by atomic mass is 9.84. The van der Waals surface area contributed by atoms with Crippen molar-refractivity contribution in [2.24, 2.45) is 11.8 Å². The average molecular weight is 252 g/mol. The maximum atomic E-state index is 3.67. The van der Waals surface area contributed by atoms with Gasteiger partial charge in [-0.3, -0.25) is 4.90 Å². The summed E-state index contributed by atoms with van der Waals surface area (Å²) in [5, 5.41) is 3.67. The van der Waals surface area contributed by atoms with Crippen molar-refractivity contribution in [2.45, 2.75) is 77.9 Å². The molecule has 1 saturated carbocycles. The van der Waals surface area contributed by atoms with Crippen LogP contribution in [0.2, 0.25) is 0 Å². The number of hydrogen-bond acceptors (Lipinski definition) is 2. The molecular weight excluding hydrogens is 220 g/mol. The van der Waals surface area contributed by atoms with Crippen molar-refractivity contribution in [1.82, 2.24) is 10.2 Å². The smallest absolute Gasteiger partial charge is 0.0120 e. The zero-order valence-electron chi connectivity index (χ0n) is 12.8. The van der Waals surface area contributed by atoms with Gasteiger partial charge in [-0.15, -0.1) is 0 Å². The third kappa shape index (κ3) is 2.91. The van der Waals surface area contributed by atoms with Crippen LogP contribution in [0.5, 0.6) is 0 Å². The van der Waals surface area contributed by atoms with Crippen molar-refractivity contribution in [1.29, 1.82) is 0 Å². The zero-order chi connectivity index (χ0) is 13.1. The number of piperidine rings is 1. The lowest BCUT2D eigenvalue weighted by molar-refractivity contribution is 0.0316. The minimum Gasteiger partial charge on any atom is -0.314 e. The van der Waals surface area contributed by atoms with E-state index in [4.69, 9.17) is 0 Å². The van der Waals surface area contributed by atoms with E-state index in [2.05, 4.69) is 37.9 Å². The minimum absolute atomic E-state index is 0.733. The van der Waals surface area contributed by atoms with Gasteiger partial charge in [0, 0.05) is 24.7 Å². The molecule has 2 nitrogen and oxygen atoms in total. The van der Waals surface area contributed by atoms with Crippen molar-refractivity contribution in [3.63, 3.8) is 0 Å². The minimum atomic E-state index is 0.733. The van der Waals surface area contributed by atoms with Crippen molar-refractivity contribution in [2.75, 3.05) is 13.1 Å². The molecule has 1 aliphatic heterocycles. The Balaban J connectivity index is 1.94. The molecule has 1 saturated heterocycles. The summed E-state index contributed by atoms with van der Waals surface area (Å²) in [6, 6.07) is 2.27. The summed E-state index contributed by atoms with van der Waals surface area (Å²) in [7, 11) is 0. The van der Waals surface area contributed by atoms with Crippen molar-refractivity contribution < 1.29 is 0 Å². The molecule has 0 amide bonds. The van der Waals surface area contributed by atoms with Crippen molar-refractivity contribution in [3.05, 3.63) is 0 Å². The van der Waals surface area contributed by atoms with Crippen molar-refractivity contribution >= 4 is 0 Å². The van der Waals surface area contributed by atoms with Crippen LogP contribution >= 0.6 is 0 Å². The first-order valence-electron chi connectivity index (χ1n) is 8.14. The molecule has 1 heterocycles. The number of nitrogens with one attached hydrogen (secondary N) is 1. The molecule has 0 radical (unpaired) electrons. The standard InChI is InChI=1S/C16H32N2/c1-5-17-16-10-11-18(13(3)12(16)2)14(4)15-8-6-7-9-15/h12-17H,5-11H2,1-4H3. The van der Waals surface area contributed by atoms with Crippen molar-refractivity contribution in [3.8, 4) is 0 Å². The molecule has 2 rings (SSSR count). The molecule has 2 fully saturated rings. The van der Waals surface area contributed by atoms with Gasteiger partial charge < -0.3 is 5.32 Å². The predicted octanol–water partition coefficient (Wildman–Crippen LogP) is 3.27. The Labute approximate surface area is 114 Å². The van der Waals surface area contributed by atoms with Crippen LogP contribution in [0.3, 0.4) is 0 Å². The summed E-state index contributed by atoms with van der Waals surface area (Å²) in [6.45, 7) is 12.0. The van der Waals surface area contributed by atoms with Crippen LogP contribution in [0.4, 0.5) is 0 Å². The van der Waals surface area contributed by atoms with E-state index in [1.807, 2.05) is 0 Å². The molecule has 1 N–H and O–H groups in total. The maximum Gasteiger partial charge on any atom is 0.0120 e. The summed E-state index contributed by atoms with van der Waals surface area (Å²) in [4.78, 5) is 2.80. The largest absolute Gasteiger partial charge is 0.314 e. The quantitative estimate of drug-likeness (QED) is 0.826. The predicted molar refractivity (Wildman–Crippen MR) is 78.8 cm³/mol. The normalized spacial score (nSPS) is 37.0. The first-order chi connectivity index (χ1) is 8.65. The summed E-state index contributed by atoms with van der Waals surface area (Å²) in [5.74, 6) is 1.75. The van der Waals surface area contributed by atoms with E-state index in [1.165, 1.54) is 38.6 Å². The molecule has 0 aromatic rings. The van der Waals surface area contributed by atoms with Gasteiger partial charge in [0.25, 0.3) is 0 Å². The van der Waals surface area contributed by atoms with Crippen LogP contribution in [0.1, 0.15) is 59.8 Å². The van der Waals surface area contributed by atoms with Gasteiger partial charge in [-0.1, -0.05) is 26.7 Å². The van der Waals surface area contributed by atoms with E-state index in [9.17, 15) is 0 Å². The van der Waals surface area contributed by atoms with Gasteiger partial charge >= 0.3 is 0 Å². The molecule has 1 aliphatic carbocycles. The van der Waals surface area contributed by atoms with E-state index < -0.39 is 0 Å². The van der Waals surface area contributed by atoms with E-state index in [-0.39, 0.29) is 0 Å². The fraction of sp³-hybridized carbons (Fsp3) is 1.00. The van der Waals surface area contributed by atoms with Gasteiger partial charge in [0.05, 0.1) is 0 Å². The molecule has 4 unspecified atom stereocenters. The second-order valence-corrected chi connectivity index (χ2v) is 6.58. The average Bonchev–Trinajstić information content (AvgIpc) is 2.88. The van der Waals surface area contributed by atoms with Gasteiger partial charge in [0.1, 0.15) is 0 Å². The SMILES string of the molecule is CCNC1CCN(C(C)C2CCCC2)C(C)C1C. The molecule has 0 aromatic heterocycles. The van der Waals surface area contributed by atoms with Gasteiger partial charge in [0.15, 0.2) is 0 Å². The third-order valence-electron chi connectivity index (χ3n) is 5.69. The number of rotatable bonds is 4. The second-order valence-electron chi connectivity index (χ2n) is 6.58. The molecule has 0 bridgehead atoms. The van der Waals surface area contributed by atoms with Crippen LogP contribution in [-0.2, 0) is 0 Å². The topological polar surface area (TPSA) is 15.3 Å². The summed E-state index contributed by atoms with van der Waals surface area (Å²) in [6.07, 6.45) is 7.20. The molecule has 2 heteroatoms. The summed E-state index contributed by atoms with van der Waals surface area (Å²) >= 11 is 0.